The molecule has 0 atom stereocenters. The Labute approximate surface area is 130 Å². The number of hydrogen-bond acceptors (Lipinski definition) is 5. The third-order valence-corrected chi connectivity index (χ3v) is 3.30. The number of rotatable bonds is 5. The van der Waals surface area contributed by atoms with Crippen LogP contribution in [0.4, 0.5) is 30.6 Å². The fourth-order valence-corrected chi connectivity index (χ4v) is 2.02. The second-order valence-electron chi connectivity index (χ2n) is 5.20. The summed E-state index contributed by atoms with van der Waals surface area (Å²) in [5.74, 6) is 0.538. The van der Waals surface area contributed by atoms with Gasteiger partial charge in [0.15, 0.2) is 5.69 Å². The first-order valence-corrected chi connectivity index (χ1v) is 7.08. The first-order valence-electron chi connectivity index (χ1n) is 7.08. The maximum atomic E-state index is 13.0. The van der Waals surface area contributed by atoms with Crippen LogP contribution in [0.1, 0.15) is 18.5 Å². The molecule has 0 radical (unpaired) electrons. The Balaban J connectivity index is 1.93. The lowest BCUT2D eigenvalue weighted by Gasteiger charge is -2.14. The van der Waals surface area contributed by atoms with E-state index in [9.17, 15) is 13.2 Å². The van der Waals surface area contributed by atoms with Crippen LogP contribution in [-0.4, -0.2) is 23.1 Å². The number of benzene rings is 1. The Morgan fingerprint density at radius 1 is 1.17 bits per heavy atom. The van der Waals surface area contributed by atoms with Crippen molar-refractivity contribution in [2.75, 3.05) is 17.7 Å². The molecule has 0 aliphatic heterocycles. The van der Waals surface area contributed by atoms with Gasteiger partial charge >= 0.3 is 6.18 Å². The normalized spacial score (nSPS) is 14.4. The molecule has 1 heterocycles. The van der Waals surface area contributed by atoms with Crippen LogP contribution in [0.15, 0.2) is 30.3 Å². The molecule has 2 aromatic rings. The molecule has 1 aromatic heterocycles. The molecule has 5 nitrogen and oxygen atoms in total. The summed E-state index contributed by atoms with van der Waals surface area (Å²) < 4.78 is 44.2. The van der Waals surface area contributed by atoms with E-state index < -0.39 is 11.9 Å². The van der Waals surface area contributed by atoms with Gasteiger partial charge in [-0.25, -0.2) is 4.98 Å². The number of nitrogens with zero attached hydrogens (tertiary/aromatic N) is 2. The first-order chi connectivity index (χ1) is 11.0. The molecule has 2 N–H and O–H groups in total. The molecule has 0 bridgehead atoms. The van der Waals surface area contributed by atoms with E-state index in [1.807, 2.05) is 0 Å². The van der Waals surface area contributed by atoms with Gasteiger partial charge in [-0.15, -0.1) is 0 Å². The Morgan fingerprint density at radius 2 is 1.91 bits per heavy atom. The van der Waals surface area contributed by atoms with E-state index in [0.29, 0.717) is 11.4 Å². The number of nitrogens with one attached hydrogen (secondary N) is 2. The number of methoxy groups -OCH3 is 1. The zero-order chi connectivity index (χ0) is 16.4. The van der Waals surface area contributed by atoms with Gasteiger partial charge in [0, 0.05) is 12.1 Å². The lowest BCUT2D eigenvalue weighted by molar-refractivity contribution is -0.141. The minimum Gasteiger partial charge on any atom is -0.495 e. The fraction of sp³-hybridized carbons (Fsp3) is 0.333. The highest BCUT2D eigenvalue weighted by molar-refractivity contribution is 5.64. The maximum Gasteiger partial charge on any atom is 0.433 e. The summed E-state index contributed by atoms with van der Waals surface area (Å²) in [7, 11) is 1.49. The van der Waals surface area contributed by atoms with E-state index in [2.05, 4.69) is 20.6 Å². The van der Waals surface area contributed by atoms with E-state index in [4.69, 9.17) is 4.74 Å². The fourth-order valence-electron chi connectivity index (χ4n) is 2.02. The van der Waals surface area contributed by atoms with Crippen LogP contribution in [-0.2, 0) is 6.18 Å². The van der Waals surface area contributed by atoms with Gasteiger partial charge in [-0.3, -0.25) is 0 Å². The second kappa shape index (κ2) is 5.94. The summed E-state index contributed by atoms with van der Waals surface area (Å²) in [6, 6.07) is 7.95. The van der Waals surface area contributed by atoms with Gasteiger partial charge in [-0.2, -0.15) is 18.2 Å². The van der Waals surface area contributed by atoms with Gasteiger partial charge < -0.3 is 15.4 Å². The molecule has 0 saturated heterocycles. The molecule has 1 aliphatic rings. The van der Waals surface area contributed by atoms with Crippen LogP contribution >= 0.6 is 0 Å². The molecule has 0 spiro atoms. The van der Waals surface area contributed by atoms with Gasteiger partial charge in [0.25, 0.3) is 0 Å². The average Bonchev–Trinajstić information content (AvgIpc) is 3.30. The van der Waals surface area contributed by atoms with Crippen molar-refractivity contribution in [2.24, 2.45) is 0 Å². The highest BCUT2D eigenvalue weighted by atomic mass is 19.4. The Hall–Kier alpha value is -2.51. The van der Waals surface area contributed by atoms with Crippen molar-refractivity contribution in [2.45, 2.75) is 25.1 Å². The highest BCUT2D eigenvalue weighted by Gasteiger charge is 2.34. The number of para-hydroxylation sites is 2. The van der Waals surface area contributed by atoms with E-state index in [1.165, 1.54) is 7.11 Å². The summed E-state index contributed by atoms with van der Waals surface area (Å²) in [6.07, 6.45) is -2.72. The first kappa shape index (κ1) is 15.4. The third-order valence-electron chi connectivity index (χ3n) is 3.30. The molecule has 0 unspecified atom stereocenters. The SMILES string of the molecule is COc1ccccc1Nc1cc(C(F)(F)F)nc(NC2CC2)n1. The van der Waals surface area contributed by atoms with Crippen LogP contribution in [0, 0.1) is 0 Å². The smallest absolute Gasteiger partial charge is 0.433 e. The number of anilines is 3. The standard InChI is InChI=1S/C15H15F3N4O/c1-23-11-5-3-2-4-10(11)20-13-8-12(15(16,17)18)21-14(22-13)19-9-6-7-9/h2-5,8-9H,6-7H2,1H3,(H2,19,20,21,22). The second-order valence-corrected chi connectivity index (χ2v) is 5.20. The van der Waals surface area contributed by atoms with Crippen molar-refractivity contribution in [3.05, 3.63) is 36.0 Å². The van der Waals surface area contributed by atoms with Crippen molar-refractivity contribution in [1.29, 1.82) is 0 Å². The topological polar surface area (TPSA) is 59.1 Å². The van der Waals surface area contributed by atoms with Crippen molar-refractivity contribution in [3.63, 3.8) is 0 Å². The van der Waals surface area contributed by atoms with Crippen LogP contribution < -0.4 is 15.4 Å². The van der Waals surface area contributed by atoms with E-state index in [1.54, 1.807) is 24.3 Å². The summed E-state index contributed by atoms with van der Waals surface area (Å²) in [4.78, 5) is 7.66. The monoisotopic (exact) mass is 324 g/mol. The van der Waals surface area contributed by atoms with Crippen LogP contribution in [0.5, 0.6) is 5.75 Å². The predicted octanol–water partition coefficient (Wildman–Crippen LogP) is 3.82. The predicted molar refractivity (Wildman–Crippen MR) is 80.0 cm³/mol. The molecule has 1 fully saturated rings. The minimum absolute atomic E-state index is 0.0280. The molecule has 1 aromatic carbocycles. The Morgan fingerprint density at radius 3 is 2.57 bits per heavy atom. The number of ether oxygens (including phenoxy) is 1. The van der Waals surface area contributed by atoms with Gasteiger partial charge in [-0.1, -0.05) is 12.1 Å². The van der Waals surface area contributed by atoms with Crippen molar-refractivity contribution >= 4 is 17.5 Å². The van der Waals surface area contributed by atoms with Crippen LogP contribution in [0.25, 0.3) is 0 Å². The van der Waals surface area contributed by atoms with E-state index in [0.717, 1.165) is 18.9 Å². The average molecular weight is 324 g/mol. The van der Waals surface area contributed by atoms with Gasteiger partial charge in [0.05, 0.1) is 12.8 Å². The summed E-state index contributed by atoms with van der Waals surface area (Å²) in [5.41, 5.74) is -0.466. The summed E-state index contributed by atoms with van der Waals surface area (Å²) in [6.45, 7) is 0. The number of aromatic nitrogens is 2. The lowest BCUT2D eigenvalue weighted by atomic mass is 10.3. The summed E-state index contributed by atoms with van der Waals surface area (Å²) in [5, 5.41) is 5.74. The molecule has 8 heteroatoms. The van der Waals surface area contributed by atoms with Gasteiger partial charge in [-0.05, 0) is 25.0 Å². The molecule has 1 aliphatic carbocycles. The minimum atomic E-state index is -4.54. The molecule has 0 amide bonds. The van der Waals surface area contributed by atoms with Gasteiger partial charge in [0.2, 0.25) is 5.95 Å². The number of halogens is 3. The van der Waals surface area contributed by atoms with Crippen LogP contribution in [0.3, 0.4) is 0 Å². The quantitative estimate of drug-likeness (QED) is 0.875. The van der Waals surface area contributed by atoms with Crippen molar-refractivity contribution in [3.8, 4) is 5.75 Å². The molecule has 23 heavy (non-hydrogen) atoms. The van der Waals surface area contributed by atoms with Crippen molar-refractivity contribution in [1.82, 2.24) is 9.97 Å². The van der Waals surface area contributed by atoms with E-state index in [-0.39, 0.29) is 17.8 Å². The molecular weight excluding hydrogens is 309 g/mol. The van der Waals surface area contributed by atoms with E-state index >= 15 is 0 Å². The van der Waals surface area contributed by atoms with Crippen molar-refractivity contribution < 1.29 is 17.9 Å². The largest absolute Gasteiger partial charge is 0.495 e. The Kier molecular flexibility index (Phi) is 3.97. The summed E-state index contributed by atoms with van der Waals surface area (Å²) >= 11 is 0. The molecule has 1 saturated carbocycles. The third kappa shape index (κ3) is 3.82. The molecule has 3 rings (SSSR count). The maximum absolute atomic E-state index is 13.0. The van der Waals surface area contributed by atoms with Crippen LogP contribution in [0.2, 0.25) is 0 Å². The zero-order valence-electron chi connectivity index (χ0n) is 12.3. The van der Waals surface area contributed by atoms with Gasteiger partial charge in [0.1, 0.15) is 11.6 Å². The highest BCUT2D eigenvalue weighted by Crippen LogP contribution is 2.33. The molecule has 122 valence electrons. The zero-order valence-corrected chi connectivity index (χ0v) is 12.3. The number of hydrogen-bond donors (Lipinski definition) is 2. The molecular formula is C15H15F3N4O. The number of alkyl halides is 3. The Bertz CT molecular complexity index is 701. The lowest BCUT2D eigenvalue weighted by Crippen LogP contribution is -2.14.